The summed E-state index contributed by atoms with van der Waals surface area (Å²) in [6, 6.07) is 15.2. The maximum absolute atomic E-state index is 12.5. The van der Waals surface area contributed by atoms with Gasteiger partial charge < -0.3 is 4.90 Å². The highest BCUT2D eigenvalue weighted by atomic mass is 32.2. The molecule has 126 valence electrons. The maximum Gasteiger partial charge on any atom is 0.243 e. The van der Waals surface area contributed by atoms with Crippen molar-refractivity contribution in [3.05, 3.63) is 54.1 Å². The van der Waals surface area contributed by atoms with Crippen LogP contribution in [0.4, 0.5) is 0 Å². The zero-order valence-corrected chi connectivity index (χ0v) is 14.9. The number of hydrogen-bond acceptors (Lipinski definition) is 5. The topological polar surface area (TPSA) is 76.4 Å². The van der Waals surface area contributed by atoms with E-state index in [1.54, 1.807) is 18.2 Å². The highest BCUT2D eigenvalue weighted by molar-refractivity contribution is 7.89. The number of likely N-dealkylation sites (N-methyl/N-ethyl adjacent to an activating group) is 1. The van der Waals surface area contributed by atoms with Gasteiger partial charge in [-0.2, -0.15) is 8.75 Å². The van der Waals surface area contributed by atoms with E-state index < -0.39 is 10.0 Å². The number of nitrogens with one attached hydrogen (secondary N) is 2. The normalized spacial score (nSPS) is 13.2. The Morgan fingerprint density at radius 1 is 1.08 bits per heavy atom. The van der Waals surface area contributed by atoms with Gasteiger partial charge in [0.2, 0.25) is 10.0 Å². The van der Waals surface area contributed by atoms with Crippen LogP contribution in [0.1, 0.15) is 5.56 Å². The number of rotatable bonds is 7. The summed E-state index contributed by atoms with van der Waals surface area (Å²) in [6.45, 7) is 1.92. The van der Waals surface area contributed by atoms with Crippen LogP contribution in [-0.4, -0.2) is 37.3 Å². The smallest absolute Gasteiger partial charge is 0.243 e. The van der Waals surface area contributed by atoms with Crippen molar-refractivity contribution >= 4 is 32.8 Å². The van der Waals surface area contributed by atoms with Crippen molar-refractivity contribution < 1.29 is 13.3 Å². The summed E-state index contributed by atoms with van der Waals surface area (Å²) in [7, 11) is -1.54. The van der Waals surface area contributed by atoms with E-state index in [9.17, 15) is 8.42 Å². The van der Waals surface area contributed by atoms with Crippen LogP contribution in [0, 0.1) is 0 Å². The van der Waals surface area contributed by atoms with Gasteiger partial charge in [-0.25, -0.2) is 13.1 Å². The Labute approximate surface area is 145 Å². The number of nitrogens with zero attached hydrogens (tertiary/aromatic N) is 2. The summed E-state index contributed by atoms with van der Waals surface area (Å²) in [6.07, 6.45) is 0. The molecule has 0 fully saturated rings. The minimum absolute atomic E-state index is 0.189. The molecule has 3 aromatic rings. The van der Waals surface area contributed by atoms with E-state index in [0.717, 1.165) is 18.3 Å². The van der Waals surface area contributed by atoms with Gasteiger partial charge in [-0.1, -0.05) is 36.4 Å². The fraction of sp³-hybridized carbons (Fsp3) is 0.250. The molecule has 2 N–H and O–H groups in total. The second-order valence-electron chi connectivity index (χ2n) is 5.66. The molecular formula is C16H19N4O2S2+. The van der Waals surface area contributed by atoms with Crippen LogP contribution in [0.5, 0.6) is 0 Å². The first kappa shape index (κ1) is 17.0. The molecule has 3 rings (SSSR count). The maximum atomic E-state index is 12.5. The zero-order chi connectivity index (χ0) is 17.0. The SMILES string of the molecule is C[NH+](CCNS(=O)(=O)c1cccc2nsnc12)Cc1ccccc1. The Morgan fingerprint density at radius 2 is 1.88 bits per heavy atom. The van der Waals surface area contributed by atoms with Crippen LogP contribution in [0.15, 0.2) is 53.4 Å². The molecule has 1 atom stereocenters. The largest absolute Gasteiger partial charge is 0.333 e. The van der Waals surface area contributed by atoms with Crippen molar-refractivity contribution in [1.82, 2.24) is 13.5 Å². The van der Waals surface area contributed by atoms with Gasteiger partial charge in [0.1, 0.15) is 22.5 Å². The average Bonchev–Trinajstić information content (AvgIpc) is 3.04. The van der Waals surface area contributed by atoms with Gasteiger partial charge in [-0.15, -0.1) is 0 Å². The second kappa shape index (κ2) is 7.35. The number of sulfonamides is 1. The minimum Gasteiger partial charge on any atom is -0.333 e. The van der Waals surface area contributed by atoms with Crippen molar-refractivity contribution in [3.63, 3.8) is 0 Å². The molecule has 0 saturated heterocycles. The number of aromatic nitrogens is 2. The Balaban J connectivity index is 1.60. The molecular weight excluding hydrogens is 344 g/mol. The first-order valence-electron chi connectivity index (χ1n) is 7.62. The average molecular weight is 363 g/mol. The van der Waals surface area contributed by atoms with Crippen molar-refractivity contribution in [2.24, 2.45) is 0 Å². The van der Waals surface area contributed by atoms with E-state index in [1.807, 2.05) is 25.2 Å². The quantitative estimate of drug-likeness (QED) is 0.647. The molecule has 6 nitrogen and oxygen atoms in total. The van der Waals surface area contributed by atoms with Crippen molar-refractivity contribution in [2.75, 3.05) is 20.1 Å². The van der Waals surface area contributed by atoms with E-state index in [2.05, 4.69) is 25.6 Å². The van der Waals surface area contributed by atoms with Crippen LogP contribution in [0.25, 0.3) is 11.0 Å². The number of quaternary nitrogens is 1. The lowest BCUT2D eigenvalue weighted by atomic mass is 10.2. The van der Waals surface area contributed by atoms with Crippen LogP contribution in [0.2, 0.25) is 0 Å². The molecule has 2 aromatic carbocycles. The molecule has 24 heavy (non-hydrogen) atoms. The molecule has 0 amide bonds. The van der Waals surface area contributed by atoms with Gasteiger partial charge >= 0.3 is 0 Å². The summed E-state index contributed by atoms with van der Waals surface area (Å²) in [5.41, 5.74) is 2.27. The summed E-state index contributed by atoms with van der Waals surface area (Å²) in [5.74, 6) is 0. The Morgan fingerprint density at radius 3 is 2.67 bits per heavy atom. The lowest BCUT2D eigenvalue weighted by Gasteiger charge is -2.14. The van der Waals surface area contributed by atoms with E-state index in [1.165, 1.54) is 10.5 Å². The fourth-order valence-electron chi connectivity index (χ4n) is 2.51. The summed E-state index contributed by atoms with van der Waals surface area (Å²) in [5, 5.41) is 0. The van der Waals surface area contributed by atoms with Gasteiger partial charge in [0.05, 0.1) is 31.9 Å². The van der Waals surface area contributed by atoms with Gasteiger partial charge in [0.15, 0.2) is 0 Å². The highest BCUT2D eigenvalue weighted by Gasteiger charge is 2.19. The molecule has 0 aliphatic carbocycles. The molecule has 0 aliphatic rings. The molecule has 1 heterocycles. The first-order chi connectivity index (χ1) is 11.6. The predicted molar refractivity (Wildman–Crippen MR) is 94.5 cm³/mol. The Hall–Kier alpha value is -1.87. The minimum atomic E-state index is -3.58. The van der Waals surface area contributed by atoms with Crippen molar-refractivity contribution in [3.8, 4) is 0 Å². The Kier molecular flexibility index (Phi) is 5.20. The van der Waals surface area contributed by atoms with E-state index >= 15 is 0 Å². The molecule has 8 heteroatoms. The summed E-state index contributed by atoms with van der Waals surface area (Å²) >= 11 is 1.02. The van der Waals surface area contributed by atoms with E-state index in [0.29, 0.717) is 24.1 Å². The Bertz CT molecular complexity index is 910. The lowest BCUT2D eigenvalue weighted by molar-refractivity contribution is -0.892. The number of fused-ring (bicyclic) bond motifs is 1. The van der Waals surface area contributed by atoms with Crippen LogP contribution in [-0.2, 0) is 16.6 Å². The van der Waals surface area contributed by atoms with Crippen LogP contribution < -0.4 is 9.62 Å². The van der Waals surface area contributed by atoms with Crippen molar-refractivity contribution in [2.45, 2.75) is 11.4 Å². The second-order valence-corrected chi connectivity index (χ2v) is 7.92. The predicted octanol–water partition coefficient (Wildman–Crippen LogP) is 0.685. The molecule has 0 aliphatic heterocycles. The third-order valence-corrected chi connectivity index (χ3v) is 5.77. The highest BCUT2D eigenvalue weighted by Crippen LogP contribution is 2.20. The molecule has 0 spiro atoms. The van der Waals surface area contributed by atoms with Crippen LogP contribution in [0.3, 0.4) is 0 Å². The molecule has 0 radical (unpaired) electrons. The van der Waals surface area contributed by atoms with Gasteiger partial charge in [0, 0.05) is 5.56 Å². The van der Waals surface area contributed by atoms with E-state index in [4.69, 9.17) is 0 Å². The standard InChI is InChI=1S/C16H18N4O2S2/c1-20(12-13-6-3-2-4-7-13)11-10-17-24(21,22)15-9-5-8-14-16(15)19-23-18-14/h2-9,17H,10-12H2,1H3/p+1. The van der Waals surface area contributed by atoms with Crippen LogP contribution >= 0.6 is 11.7 Å². The third kappa shape index (κ3) is 3.96. The number of hydrogen-bond donors (Lipinski definition) is 2. The van der Waals surface area contributed by atoms with Gasteiger partial charge in [-0.3, -0.25) is 0 Å². The van der Waals surface area contributed by atoms with Gasteiger partial charge in [-0.05, 0) is 12.1 Å². The fourth-order valence-corrected chi connectivity index (χ4v) is 4.30. The van der Waals surface area contributed by atoms with Gasteiger partial charge in [0.25, 0.3) is 0 Å². The molecule has 0 saturated carbocycles. The summed E-state index contributed by atoms with van der Waals surface area (Å²) < 4.78 is 35.8. The molecule has 1 unspecified atom stereocenters. The van der Waals surface area contributed by atoms with E-state index in [-0.39, 0.29) is 4.90 Å². The monoisotopic (exact) mass is 363 g/mol. The third-order valence-electron chi connectivity index (χ3n) is 3.73. The molecule has 0 bridgehead atoms. The zero-order valence-electron chi connectivity index (χ0n) is 13.3. The number of benzene rings is 2. The lowest BCUT2D eigenvalue weighted by Crippen LogP contribution is -3.08. The molecule has 1 aromatic heterocycles. The first-order valence-corrected chi connectivity index (χ1v) is 9.84. The van der Waals surface area contributed by atoms with Crippen molar-refractivity contribution in [1.29, 1.82) is 0 Å². The summed E-state index contributed by atoms with van der Waals surface area (Å²) in [4.78, 5) is 1.42.